The van der Waals surface area contributed by atoms with Crippen molar-refractivity contribution in [3.63, 3.8) is 0 Å². The molecule has 7 nitrogen and oxygen atoms in total. The van der Waals surface area contributed by atoms with Crippen LogP contribution in [0, 0.1) is 0 Å². The van der Waals surface area contributed by atoms with Crippen LogP contribution in [0.1, 0.15) is 15.9 Å². The number of rotatable bonds is 4. The number of nitrogens with zero attached hydrogens (tertiary/aromatic N) is 3. The zero-order chi connectivity index (χ0) is 16.3. The van der Waals surface area contributed by atoms with E-state index >= 15 is 0 Å². The lowest BCUT2D eigenvalue weighted by Gasteiger charge is -2.26. The molecule has 0 radical (unpaired) electrons. The van der Waals surface area contributed by atoms with Crippen molar-refractivity contribution in [1.82, 2.24) is 14.5 Å². The van der Waals surface area contributed by atoms with E-state index in [1.165, 1.54) is 6.20 Å². The Balaban J connectivity index is 1.64. The second-order valence-corrected chi connectivity index (χ2v) is 8.45. The highest BCUT2D eigenvalue weighted by molar-refractivity contribution is 7.91. The molecule has 2 heterocycles. The van der Waals surface area contributed by atoms with Gasteiger partial charge in [0.2, 0.25) is 0 Å². The van der Waals surface area contributed by atoms with Gasteiger partial charge in [0, 0.05) is 36.7 Å². The van der Waals surface area contributed by atoms with Crippen LogP contribution in [0.2, 0.25) is 0 Å². The van der Waals surface area contributed by atoms with Crippen LogP contribution in [0.4, 0.5) is 5.00 Å². The summed E-state index contributed by atoms with van der Waals surface area (Å²) < 4.78 is 26.6. The van der Waals surface area contributed by atoms with Crippen LogP contribution in [0.15, 0.2) is 30.5 Å². The predicted molar refractivity (Wildman–Crippen MR) is 88.2 cm³/mol. The maximum absolute atomic E-state index is 12.2. The maximum Gasteiger partial charge on any atom is 0.256 e. The number of benzene rings is 1. The predicted octanol–water partition coefficient (Wildman–Crippen LogP) is 1.02. The summed E-state index contributed by atoms with van der Waals surface area (Å²) in [5.74, 6) is 0.191. The van der Waals surface area contributed by atoms with Gasteiger partial charge in [-0.15, -0.1) is 5.10 Å². The average Bonchev–Trinajstić information content (AvgIpc) is 3.03. The zero-order valence-electron chi connectivity index (χ0n) is 12.3. The fourth-order valence-electron chi connectivity index (χ4n) is 2.38. The summed E-state index contributed by atoms with van der Waals surface area (Å²) in [4.78, 5) is 14.3. The Hall–Kier alpha value is -1.84. The molecule has 0 unspecified atom stereocenters. The maximum atomic E-state index is 12.2. The first-order valence-corrected chi connectivity index (χ1v) is 9.72. The highest BCUT2D eigenvalue weighted by Gasteiger charge is 2.21. The number of anilines is 1. The number of sulfone groups is 1. The first-order chi connectivity index (χ1) is 11.0. The van der Waals surface area contributed by atoms with E-state index in [0.29, 0.717) is 30.2 Å². The number of nitrogens with one attached hydrogen (secondary N) is 1. The van der Waals surface area contributed by atoms with Crippen LogP contribution >= 0.6 is 11.5 Å². The van der Waals surface area contributed by atoms with Gasteiger partial charge in [-0.2, -0.15) is 0 Å². The Labute approximate surface area is 138 Å². The molecule has 1 aliphatic rings. The van der Waals surface area contributed by atoms with E-state index in [4.69, 9.17) is 0 Å². The minimum Gasteiger partial charge on any atom is -0.311 e. The van der Waals surface area contributed by atoms with Gasteiger partial charge in [-0.05, 0) is 17.7 Å². The third kappa shape index (κ3) is 4.34. The quantitative estimate of drug-likeness (QED) is 0.883. The van der Waals surface area contributed by atoms with Crippen molar-refractivity contribution < 1.29 is 13.2 Å². The molecule has 1 saturated heterocycles. The molecule has 9 heteroatoms. The van der Waals surface area contributed by atoms with Gasteiger partial charge in [0.1, 0.15) is 5.00 Å². The normalized spacial score (nSPS) is 17.7. The van der Waals surface area contributed by atoms with Crippen LogP contribution < -0.4 is 5.32 Å². The lowest BCUT2D eigenvalue weighted by molar-refractivity contribution is 0.102. The molecule has 1 N–H and O–H groups in total. The van der Waals surface area contributed by atoms with Crippen LogP contribution in [-0.4, -0.2) is 53.4 Å². The fourth-order valence-corrected chi connectivity index (χ4v) is 4.08. The van der Waals surface area contributed by atoms with Gasteiger partial charge < -0.3 is 5.32 Å². The molecule has 0 atom stereocenters. The van der Waals surface area contributed by atoms with Gasteiger partial charge in [-0.25, -0.2) is 8.42 Å². The molecule has 1 aromatic carbocycles. The van der Waals surface area contributed by atoms with E-state index in [1.54, 1.807) is 6.07 Å². The van der Waals surface area contributed by atoms with Crippen LogP contribution in [0.3, 0.4) is 0 Å². The Kier molecular flexibility index (Phi) is 4.69. The van der Waals surface area contributed by atoms with Crippen LogP contribution in [0.5, 0.6) is 0 Å². The third-order valence-electron chi connectivity index (χ3n) is 3.63. The van der Waals surface area contributed by atoms with Crippen LogP contribution in [0.25, 0.3) is 0 Å². The van der Waals surface area contributed by atoms with E-state index in [2.05, 4.69) is 19.8 Å². The molecule has 1 fully saturated rings. The lowest BCUT2D eigenvalue weighted by atomic mass is 10.1. The van der Waals surface area contributed by atoms with Crippen LogP contribution in [-0.2, 0) is 16.4 Å². The standard InChI is InChI=1S/C14H16N4O3S2/c19-14(16-13-9-15-17-22-13)12-3-1-2-11(8-12)10-18-4-6-23(20,21)7-5-18/h1-3,8-9H,4-7,10H2,(H,16,19). The Bertz CT molecular complexity index is 776. The monoisotopic (exact) mass is 352 g/mol. The summed E-state index contributed by atoms with van der Waals surface area (Å²) >= 11 is 1.12. The summed E-state index contributed by atoms with van der Waals surface area (Å²) in [5.41, 5.74) is 1.54. The third-order valence-corrected chi connectivity index (χ3v) is 5.82. The first-order valence-electron chi connectivity index (χ1n) is 7.12. The van der Waals surface area contributed by atoms with E-state index in [0.717, 1.165) is 17.1 Å². The number of hydrogen-bond acceptors (Lipinski definition) is 7. The molecule has 1 aliphatic heterocycles. The highest BCUT2D eigenvalue weighted by Crippen LogP contribution is 2.14. The molecule has 0 spiro atoms. The van der Waals surface area contributed by atoms with Gasteiger partial charge in [-0.3, -0.25) is 9.69 Å². The van der Waals surface area contributed by atoms with Crippen molar-refractivity contribution in [3.05, 3.63) is 41.6 Å². The molecule has 1 amide bonds. The molecular weight excluding hydrogens is 336 g/mol. The summed E-state index contributed by atoms with van der Waals surface area (Å²) in [6, 6.07) is 7.34. The van der Waals surface area contributed by atoms with Crippen molar-refractivity contribution in [2.24, 2.45) is 0 Å². The van der Waals surface area contributed by atoms with E-state index in [-0.39, 0.29) is 17.4 Å². The Morgan fingerprint density at radius 3 is 2.78 bits per heavy atom. The molecule has 3 rings (SSSR count). The molecule has 122 valence electrons. The Morgan fingerprint density at radius 2 is 2.09 bits per heavy atom. The van der Waals surface area contributed by atoms with Gasteiger partial charge in [0.15, 0.2) is 9.84 Å². The summed E-state index contributed by atoms with van der Waals surface area (Å²) in [5, 5.41) is 7.01. The minimum atomic E-state index is -2.88. The SMILES string of the molecule is O=C(Nc1cnns1)c1cccc(CN2CCS(=O)(=O)CC2)c1. The molecule has 0 bridgehead atoms. The zero-order valence-corrected chi connectivity index (χ0v) is 13.9. The van der Waals surface area contributed by atoms with E-state index in [1.807, 2.05) is 18.2 Å². The summed E-state index contributed by atoms with van der Waals surface area (Å²) in [6.07, 6.45) is 1.50. The lowest BCUT2D eigenvalue weighted by Crippen LogP contribution is -2.39. The second-order valence-electron chi connectivity index (χ2n) is 5.36. The largest absolute Gasteiger partial charge is 0.311 e. The smallest absolute Gasteiger partial charge is 0.256 e. The molecular formula is C14H16N4O3S2. The molecule has 0 aliphatic carbocycles. The van der Waals surface area contributed by atoms with Gasteiger partial charge >= 0.3 is 0 Å². The molecule has 23 heavy (non-hydrogen) atoms. The van der Waals surface area contributed by atoms with Crippen molar-refractivity contribution in [2.75, 3.05) is 29.9 Å². The molecule has 0 saturated carbocycles. The molecule has 1 aromatic heterocycles. The second kappa shape index (κ2) is 6.73. The first kappa shape index (κ1) is 16.0. The van der Waals surface area contributed by atoms with E-state index in [9.17, 15) is 13.2 Å². The van der Waals surface area contributed by atoms with Gasteiger partial charge in [0.25, 0.3) is 5.91 Å². The van der Waals surface area contributed by atoms with Gasteiger partial charge in [0.05, 0.1) is 17.7 Å². The van der Waals surface area contributed by atoms with Crippen molar-refractivity contribution in [1.29, 1.82) is 0 Å². The summed E-state index contributed by atoms with van der Waals surface area (Å²) in [7, 11) is -2.88. The molecule has 2 aromatic rings. The minimum absolute atomic E-state index is 0.200. The Morgan fingerprint density at radius 1 is 1.30 bits per heavy atom. The van der Waals surface area contributed by atoms with Crippen molar-refractivity contribution in [3.8, 4) is 0 Å². The van der Waals surface area contributed by atoms with Crippen molar-refractivity contribution >= 4 is 32.3 Å². The number of amides is 1. The fraction of sp³-hybridized carbons (Fsp3) is 0.357. The highest BCUT2D eigenvalue weighted by atomic mass is 32.2. The number of carbonyl (C=O) groups is 1. The summed E-state index contributed by atoms with van der Waals surface area (Å²) in [6.45, 7) is 1.70. The van der Waals surface area contributed by atoms with Crippen molar-refractivity contribution in [2.45, 2.75) is 6.54 Å². The van der Waals surface area contributed by atoms with Gasteiger partial charge in [-0.1, -0.05) is 16.6 Å². The average molecular weight is 352 g/mol. The number of carbonyl (C=O) groups excluding carboxylic acids is 1. The number of hydrogen-bond donors (Lipinski definition) is 1. The number of aromatic nitrogens is 2. The topological polar surface area (TPSA) is 92.3 Å². The van der Waals surface area contributed by atoms with E-state index < -0.39 is 9.84 Å².